The van der Waals surface area contributed by atoms with Crippen molar-refractivity contribution in [1.29, 1.82) is 0 Å². The average molecular weight is 507 g/mol. The van der Waals surface area contributed by atoms with E-state index < -0.39 is 0 Å². The van der Waals surface area contributed by atoms with Gasteiger partial charge in [-0.15, -0.1) is 0 Å². The third-order valence-corrected chi connectivity index (χ3v) is 8.27. The molecule has 0 saturated carbocycles. The molecule has 36 heavy (non-hydrogen) atoms. The Kier molecular flexibility index (Phi) is 23.0. The number of unbranched alkanes of at least 4 members (excludes halogenated alkanes) is 20. The Hall–Kier alpha value is -0.570. The molecule has 1 rings (SSSR count). The molecule has 0 amide bonds. The van der Waals surface area contributed by atoms with Crippen molar-refractivity contribution in [2.75, 3.05) is 26.3 Å². The van der Waals surface area contributed by atoms with Gasteiger partial charge in [-0.3, -0.25) is 4.99 Å². The van der Waals surface area contributed by atoms with Crippen LogP contribution in [0.5, 0.6) is 0 Å². The van der Waals surface area contributed by atoms with Gasteiger partial charge in [-0.05, 0) is 19.3 Å². The monoisotopic (exact) mass is 507 g/mol. The Morgan fingerprint density at radius 2 is 1.03 bits per heavy atom. The lowest BCUT2D eigenvalue weighted by Gasteiger charge is -2.30. The molecule has 3 nitrogen and oxygen atoms in total. The van der Waals surface area contributed by atoms with Gasteiger partial charge in [-0.25, -0.2) is 0 Å². The van der Waals surface area contributed by atoms with E-state index >= 15 is 0 Å². The molecule has 0 radical (unpaired) electrons. The second kappa shape index (κ2) is 24.7. The Balaban J connectivity index is 2.02. The normalized spacial score (nSPS) is 15.1. The van der Waals surface area contributed by atoms with Gasteiger partial charge in [0.25, 0.3) is 0 Å². The van der Waals surface area contributed by atoms with Crippen LogP contribution in [0.1, 0.15) is 175 Å². The Morgan fingerprint density at radius 1 is 0.583 bits per heavy atom. The fourth-order valence-corrected chi connectivity index (χ4v) is 5.61. The van der Waals surface area contributed by atoms with Gasteiger partial charge in [0.2, 0.25) is 0 Å². The van der Waals surface area contributed by atoms with Crippen molar-refractivity contribution < 1.29 is 4.74 Å². The number of hydrogen-bond acceptors (Lipinski definition) is 3. The maximum atomic E-state index is 6.10. The second-order valence-corrected chi connectivity index (χ2v) is 11.9. The summed E-state index contributed by atoms with van der Waals surface area (Å²) in [7, 11) is 0. The number of rotatable bonds is 28. The topological polar surface area (TPSA) is 33.6 Å². The molecule has 214 valence electrons. The van der Waals surface area contributed by atoms with E-state index in [1.165, 1.54) is 154 Å². The first-order valence-corrected chi connectivity index (χ1v) is 16.6. The molecule has 1 heterocycles. The molecule has 0 bridgehead atoms. The minimum absolute atomic E-state index is 0.174. The van der Waals surface area contributed by atoms with E-state index in [4.69, 9.17) is 9.73 Å². The van der Waals surface area contributed by atoms with Crippen LogP contribution in [0.3, 0.4) is 0 Å². The predicted octanol–water partition coefficient (Wildman–Crippen LogP) is 10.4. The Labute approximate surface area is 227 Å². The number of nitrogens with zero attached hydrogens (tertiary/aromatic N) is 1. The summed E-state index contributed by atoms with van der Waals surface area (Å²) in [6.07, 6.45) is 33.2. The van der Waals surface area contributed by atoms with Crippen molar-refractivity contribution >= 4 is 5.84 Å². The average Bonchev–Trinajstić information content (AvgIpc) is 3.44. The van der Waals surface area contributed by atoms with Crippen molar-refractivity contribution in [3.63, 3.8) is 0 Å². The minimum Gasteiger partial charge on any atom is -0.381 e. The lowest BCUT2D eigenvalue weighted by molar-refractivity contribution is 0.107. The highest BCUT2D eigenvalue weighted by Gasteiger charge is 2.31. The van der Waals surface area contributed by atoms with E-state index in [0.717, 1.165) is 32.7 Å². The molecule has 3 heteroatoms. The van der Waals surface area contributed by atoms with Gasteiger partial charge in [-0.1, -0.05) is 156 Å². The number of hydrogen-bond donors (Lipinski definition) is 1. The van der Waals surface area contributed by atoms with Gasteiger partial charge >= 0.3 is 0 Å². The van der Waals surface area contributed by atoms with Gasteiger partial charge in [0.15, 0.2) is 0 Å². The molecule has 1 aliphatic heterocycles. The third kappa shape index (κ3) is 18.6. The maximum absolute atomic E-state index is 6.10. The Morgan fingerprint density at radius 3 is 1.47 bits per heavy atom. The second-order valence-electron chi connectivity index (χ2n) is 11.9. The molecule has 1 unspecified atom stereocenters. The van der Waals surface area contributed by atoms with Gasteiger partial charge in [0.1, 0.15) is 5.84 Å². The summed E-state index contributed by atoms with van der Waals surface area (Å²) in [4.78, 5) is 4.81. The van der Waals surface area contributed by atoms with Crippen LogP contribution in [-0.4, -0.2) is 32.1 Å². The molecule has 1 atom stereocenters. The van der Waals surface area contributed by atoms with Crippen LogP contribution < -0.4 is 5.32 Å². The zero-order valence-electron chi connectivity index (χ0n) is 25.2. The SMILES string of the molecule is CCCCCCCCCCCCCCOCCC(C)(CCCCCCCCCCCC)C1=NCCN1. The summed E-state index contributed by atoms with van der Waals surface area (Å²) in [5.74, 6) is 1.26. The number of aliphatic imine (C=N–C) groups is 1. The van der Waals surface area contributed by atoms with Gasteiger partial charge in [0.05, 0.1) is 6.54 Å². The van der Waals surface area contributed by atoms with E-state index in [1.54, 1.807) is 0 Å². The summed E-state index contributed by atoms with van der Waals surface area (Å²) in [5, 5.41) is 3.58. The largest absolute Gasteiger partial charge is 0.381 e. The standard InChI is InChI=1S/C33H66N2O/c1-4-6-8-10-12-14-16-17-19-21-23-25-30-36-31-27-33(3,32-34-28-29-35-32)26-24-22-20-18-15-13-11-9-7-5-2/h4-31H2,1-3H3,(H,34,35). The van der Waals surface area contributed by atoms with Crippen LogP contribution in [0.25, 0.3) is 0 Å². The number of ether oxygens (including phenoxy) is 1. The first kappa shape index (κ1) is 33.5. The lowest BCUT2D eigenvalue weighted by Crippen LogP contribution is -2.37. The molecule has 0 aromatic rings. The quantitative estimate of drug-likeness (QED) is 0.107. The summed E-state index contributed by atoms with van der Waals surface area (Å²) in [6.45, 7) is 10.8. The third-order valence-electron chi connectivity index (χ3n) is 8.27. The highest BCUT2D eigenvalue weighted by molar-refractivity contribution is 5.89. The molecular weight excluding hydrogens is 440 g/mol. The van der Waals surface area contributed by atoms with E-state index in [-0.39, 0.29) is 5.41 Å². The zero-order chi connectivity index (χ0) is 26.0. The smallest absolute Gasteiger partial charge is 0.102 e. The van der Waals surface area contributed by atoms with Crippen molar-refractivity contribution in [3.8, 4) is 0 Å². The van der Waals surface area contributed by atoms with Gasteiger partial charge < -0.3 is 10.1 Å². The highest BCUT2D eigenvalue weighted by Crippen LogP contribution is 2.31. The van der Waals surface area contributed by atoms with E-state index in [1.807, 2.05) is 0 Å². The summed E-state index contributed by atoms with van der Waals surface area (Å²) in [5.41, 5.74) is 0.174. The van der Waals surface area contributed by atoms with Crippen molar-refractivity contribution in [3.05, 3.63) is 0 Å². The molecule has 0 saturated heterocycles. The fourth-order valence-electron chi connectivity index (χ4n) is 5.61. The van der Waals surface area contributed by atoms with Crippen molar-refractivity contribution in [1.82, 2.24) is 5.32 Å². The van der Waals surface area contributed by atoms with Crippen LogP contribution >= 0.6 is 0 Å². The van der Waals surface area contributed by atoms with Crippen LogP contribution in [0.2, 0.25) is 0 Å². The molecule has 0 fully saturated rings. The highest BCUT2D eigenvalue weighted by atomic mass is 16.5. The zero-order valence-corrected chi connectivity index (χ0v) is 25.2. The van der Waals surface area contributed by atoms with Crippen molar-refractivity contribution in [2.24, 2.45) is 10.4 Å². The van der Waals surface area contributed by atoms with Gasteiger partial charge in [-0.2, -0.15) is 0 Å². The van der Waals surface area contributed by atoms with E-state index in [0.29, 0.717) is 0 Å². The first-order chi connectivity index (χ1) is 17.7. The number of amidine groups is 1. The van der Waals surface area contributed by atoms with E-state index in [9.17, 15) is 0 Å². The molecular formula is C33H66N2O. The van der Waals surface area contributed by atoms with Crippen molar-refractivity contribution in [2.45, 2.75) is 175 Å². The maximum Gasteiger partial charge on any atom is 0.102 e. The molecule has 0 spiro atoms. The number of nitrogens with one attached hydrogen (secondary N) is 1. The molecule has 0 aliphatic carbocycles. The van der Waals surface area contributed by atoms with Crippen LogP contribution in [0.4, 0.5) is 0 Å². The summed E-state index contributed by atoms with van der Waals surface area (Å²) < 4.78 is 6.10. The minimum atomic E-state index is 0.174. The molecule has 0 aromatic carbocycles. The van der Waals surface area contributed by atoms with Crippen LogP contribution in [-0.2, 0) is 4.74 Å². The van der Waals surface area contributed by atoms with Crippen LogP contribution in [0, 0.1) is 5.41 Å². The van der Waals surface area contributed by atoms with Gasteiger partial charge in [0, 0.05) is 25.2 Å². The first-order valence-electron chi connectivity index (χ1n) is 16.6. The van der Waals surface area contributed by atoms with Crippen LogP contribution in [0.15, 0.2) is 4.99 Å². The predicted molar refractivity (Wildman–Crippen MR) is 161 cm³/mol. The molecule has 0 aromatic heterocycles. The summed E-state index contributed by atoms with van der Waals surface area (Å²) in [6, 6.07) is 0. The fraction of sp³-hybridized carbons (Fsp3) is 0.970. The Bertz CT molecular complexity index is 492. The lowest BCUT2D eigenvalue weighted by atomic mass is 9.80. The molecule has 1 N–H and O–H groups in total. The molecule has 1 aliphatic rings. The van der Waals surface area contributed by atoms with E-state index in [2.05, 4.69) is 26.1 Å². The summed E-state index contributed by atoms with van der Waals surface area (Å²) >= 11 is 0.